The van der Waals surface area contributed by atoms with Crippen LogP contribution in [-0.2, 0) is 0 Å². The van der Waals surface area contributed by atoms with Crippen LogP contribution >= 0.6 is 0 Å². The number of hydrogen-bond acceptors (Lipinski definition) is 2. The fourth-order valence-corrected chi connectivity index (χ4v) is 1.95. The minimum absolute atomic E-state index is 0.419. The van der Waals surface area contributed by atoms with Crippen LogP contribution in [0, 0.1) is 0 Å². The van der Waals surface area contributed by atoms with Gasteiger partial charge in [-0.3, -0.25) is 0 Å². The Labute approximate surface area is 71.6 Å². The van der Waals surface area contributed by atoms with E-state index in [0.29, 0.717) is 5.04 Å². The van der Waals surface area contributed by atoms with E-state index in [4.69, 9.17) is 5.73 Å². The molecule has 0 aliphatic carbocycles. The minimum Gasteiger partial charge on any atom is -0.336 e. The Morgan fingerprint density at radius 1 is 1.27 bits per heavy atom. The molecule has 0 fully saturated rings. The molecule has 0 aromatic rings. The Morgan fingerprint density at radius 2 is 1.73 bits per heavy atom. The van der Waals surface area contributed by atoms with Crippen LogP contribution in [0.15, 0.2) is 0 Å². The van der Waals surface area contributed by atoms with E-state index in [9.17, 15) is 0 Å². The second-order valence-electron chi connectivity index (χ2n) is 4.59. The van der Waals surface area contributed by atoms with E-state index in [1.54, 1.807) is 0 Å². The van der Waals surface area contributed by atoms with Crippen LogP contribution in [0.4, 0.5) is 0 Å². The van der Waals surface area contributed by atoms with Crippen LogP contribution in [0.1, 0.15) is 20.8 Å². The second-order valence-corrected chi connectivity index (χ2v) is 9.69. The van der Waals surface area contributed by atoms with Gasteiger partial charge in [0.2, 0.25) is 0 Å². The highest BCUT2D eigenvalue weighted by Crippen LogP contribution is 2.33. The Balaban J connectivity index is 4.00. The van der Waals surface area contributed by atoms with Crippen LogP contribution < -0.4 is 10.7 Å². The zero-order valence-corrected chi connectivity index (χ0v) is 9.49. The van der Waals surface area contributed by atoms with Crippen molar-refractivity contribution in [2.45, 2.75) is 38.9 Å². The van der Waals surface area contributed by atoms with Gasteiger partial charge in [-0.05, 0) is 5.04 Å². The number of nitrogens with two attached hydrogens (primary N) is 1. The van der Waals surface area contributed by atoms with E-state index >= 15 is 0 Å². The summed E-state index contributed by atoms with van der Waals surface area (Å²) in [6, 6.07) is 0. The molecule has 0 unspecified atom stereocenters. The van der Waals surface area contributed by atoms with Crippen molar-refractivity contribution >= 4 is 8.24 Å². The molecule has 0 atom stereocenters. The van der Waals surface area contributed by atoms with Crippen molar-refractivity contribution in [3.8, 4) is 0 Å². The predicted octanol–water partition coefficient (Wildman–Crippen LogP) is 1.54. The molecule has 0 saturated carbocycles. The monoisotopic (exact) mass is 174 g/mol. The van der Waals surface area contributed by atoms with E-state index in [2.05, 4.69) is 38.8 Å². The van der Waals surface area contributed by atoms with Crippen molar-refractivity contribution in [1.82, 2.24) is 4.98 Å². The summed E-state index contributed by atoms with van der Waals surface area (Å²) in [5, 5.41) is 0.419. The second kappa shape index (κ2) is 3.69. The van der Waals surface area contributed by atoms with Gasteiger partial charge in [0.1, 0.15) is 8.24 Å². The van der Waals surface area contributed by atoms with Crippen molar-refractivity contribution in [2.75, 3.05) is 13.1 Å². The third-order valence-electron chi connectivity index (χ3n) is 2.59. The first-order valence-corrected chi connectivity index (χ1v) is 7.26. The van der Waals surface area contributed by atoms with Gasteiger partial charge in [-0.2, -0.15) is 0 Å². The Hall–Kier alpha value is 0.137. The fourth-order valence-electron chi connectivity index (χ4n) is 0.650. The van der Waals surface area contributed by atoms with Crippen molar-refractivity contribution < 1.29 is 0 Å². The number of hydrogen-bond donors (Lipinski definition) is 2. The molecule has 0 amide bonds. The molecule has 68 valence electrons. The van der Waals surface area contributed by atoms with E-state index in [1.165, 1.54) is 0 Å². The summed E-state index contributed by atoms with van der Waals surface area (Å²) < 4.78 is 0. The molecule has 0 aromatic heterocycles. The first-order chi connectivity index (χ1) is 4.81. The van der Waals surface area contributed by atoms with E-state index in [1.807, 2.05) is 0 Å². The van der Waals surface area contributed by atoms with Crippen LogP contribution in [-0.4, -0.2) is 21.3 Å². The lowest BCUT2D eigenvalue weighted by Gasteiger charge is -2.37. The smallest absolute Gasteiger partial charge is 0.124 e. The molecule has 3 heteroatoms. The highest BCUT2D eigenvalue weighted by molar-refractivity contribution is 6.77. The normalized spacial score (nSPS) is 13.6. The molecule has 0 rings (SSSR count). The fraction of sp³-hybridized carbons (Fsp3) is 1.00. The highest BCUT2D eigenvalue weighted by atomic mass is 28.3. The maximum atomic E-state index is 5.44. The van der Waals surface area contributed by atoms with Gasteiger partial charge in [-0.1, -0.05) is 33.9 Å². The van der Waals surface area contributed by atoms with E-state index in [-0.39, 0.29) is 0 Å². The topological polar surface area (TPSA) is 38.0 Å². The van der Waals surface area contributed by atoms with Crippen LogP contribution in [0.3, 0.4) is 0 Å². The predicted molar refractivity (Wildman–Crippen MR) is 54.3 cm³/mol. The summed E-state index contributed by atoms with van der Waals surface area (Å²) in [7, 11) is -1.26. The first-order valence-electron chi connectivity index (χ1n) is 4.26. The van der Waals surface area contributed by atoms with Gasteiger partial charge < -0.3 is 10.7 Å². The summed E-state index contributed by atoms with van der Waals surface area (Å²) in [6.45, 7) is 13.3. The van der Waals surface area contributed by atoms with E-state index < -0.39 is 8.24 Å². The van der Waals surface area contributed by atoms with Gasteiger partial charge in [0.05, 0.1) is 0 Å². The molecule has 0 spiro atoms. The molecule has 11 heavy (non-hydrogen) atoms. The molecule has 0 aliphatic heterocycles. The molecule has 0 bridgehead atoms. The highest BCUT2D eigenvalue weighted by Gasteiger charge is 2.34. The largest absolute Gasteiger partial charge is 0.336 e. The molecule has 0 saturated heterocycles. The summed E-state index contributed by atoms with van der Waals surface area (Å²) >= 11 is 0. The lowest BCUT2D eigenvalue weighted by Crippen LogP contribution is -2.53. The number of nitrogens with one attached hydrogen (secondary N) is 1. The van der Waals surface area contributed by atoms with Crippen molar-refractivity contribution in [1.29, 1.82) is 0 Å². The quantitative estimate of drug-likeness (QED) is 0.637. The minimum atomic E-state index is -1.26. The SMILES string of the molecule is CC(C)(C)[Si](C)(C)NCCN. The summed E-state index contributed by atoms with van der Waals surface area (Å²) in [6.07, 6.45) is 0. The summed E-state index contributed by atoms with van der Waals surface area (Å²) in [5.74, 6) is 0. The first kappa shape index (κ1) is 11.1. The number of rotatable bonds is 3. The van der Waals surface area contributed by atoms with Crippen LogP contribution in [0.2, 0.25) is 18.1 Å². The standard InChI is InChI=1S/C8H22N2Si/c1-8(2,3)11(4,5)10-7-6-9/h10H,6-7,9H2,1-5H3. The van der Waals surface area contributed by atoms with Crippen LogP contribution in [0.25, 0.3) is 0 Å². The molecular formula is C8H22N2Si. The molecule has 0 radical (unpaired) electrons. The average Bonchev–Trinajstić information content (AvgIpc) is 1.81. The zero-order chi connectivity index (χ0) is 9.12. The zero-order valence-electron chi connectivity index (χ0n) is 8.49. The van der Waals surface area contributed by atoms with Gasteiger partial charge in [0, 0.05) is 13.1 Å². The van der Waals surface area contributed by atoms with Gasteiger partial charge in [-0.25, -0.2) is 0 Å². The van der Waals surface area contributed by atoms with Gasteiger partial charge in [0.15, 0.2) is 0 Å². The van der Waals surface area contributed by atoms with Gasteiger partial charge >= 0.3 is 0 Å². The molecule has 3 N–H and O–H groups in total. The molecule has 0 heterocycles. The third-order valence-corrected chi connectivity index (χ3v) is 7.47. The molecular weight excluding hydrogens is 152 g/mol. The van der Waals surface area contributed by atoms with Crippen molar-refractivity contribution in [3.05, 3.63) is 0 Å². The van der Waals surface area contributed by atoms with E-state index in [0.717, 1.165) is 13.1 Å². The van der Waals surface area contributed by atoms with Crippen LogP contribution in [0.5, 0.6) is 0 Å². The molecule has 0 aromatic carbocycles. The lowest BCUT2D eigenvalue weighted by molar-refractivity contribution is 0.684. The average molecular weight is 174 g/mol. The summed E-state index contributed by atoms with van der Waals surface area (Å²) in [5.41, 5.74) is 5.44. The third kappa shape index (κ3) is 3.36. The molecule has 0 aliphatic rings. The molecule has 2 nitrogen and oxygen atoms in total. The Morgan fingerprint density at radius 3 is 2.00 bits per heavy atom. The Bertz CT molecular complexity index is 116. The Kier molecular flexibility index (Phi) is 3.74. The summed E-state index contributed by atoms with van der Waals surface area (Å²) in [4.78, 5) is 3.56. The maximum absolute atomic E-state index is 5.44. The maximum Gasteiger partial charge on any atom is 0.124 e. The van der Waals surface area contributed by atoms with Crippen molar-refractivity contribution in [2.24, 2.45) is 5.73 Å². The van der Waals surface area contributed by atoms with Crippen molar-refractivity contribution in [3.63, 3.8) is 0 Å². The van der Waals surface area contributed by atoms with Gasteiger partial charge in [0.25, 0.3) is 0 Å². The van der Waals surface area contributed by atoms with Gasteiger partial charge in [-0.15, -0.1) is 0 Å². The lowest BCUT2D eigenvalue weighted by atomic mass is 10.2.